The van der Waals surface area contributed by atoms with E-state index in [0.717, 1.165) is 63.4 Å². The van der Waals surface area contributed by atoms with Gasteiger partial charge in [0.05, 0.1) is 12.7 Å². The maximum Gasteiger partial charge on any atom is 1.00 e. The number of hydrogen-bond donors (Lipinski definition) is 2. The van der Waals surface area contributed by atoms with Gasteiger partial charge in [-0.05, 0) is 103 Å². The zero-order chi connectivity index (χ0) is 24.9. The van der Waals surface area contributed by atoms with Crippen LogP contribution in [0, 0.1) is 46.3 Å². The average Bonchev–Trinajstić information content (AvgIpc) is 3.10. The number of fused-ring (bicyclic) bond motifs is 5. The number of rotatable bonds is 8. The van der Waals surface area contributed by atoms with Gasteiger partial charge in [0.15, 0.2) is 0 Å². The quantitative estimate of drug-likeness (QED) is 0.219. The molecule has 6 nitrogen and oxygen atoms in total. The van der Waals surface area contributed by atoms with Crippen molar-refractivity contribution in [3.8, 4) is 0 Å². The predicted octanol–water partition coefficient (Wildman–Crippen LogP) is 1.82. The Balaban J connectivity index is 0.00000342. The largest absolute Gasteiger partial charge is 1.00 e. The van der Waals surface area contributed by atoms with Gasteiger partial charge in [0.1, 0.15) is 6.10 Å². The Bertz CT molecular complexity index is 875. The minimum absolute atomic E-state index is 0. The summed E-state index contributed by atoms with van der Waals surface area (Å²) in [6, 6.07) is 0. The van der Waals surface area contributed by atoms with Crippen molar-refractivity contribution in [3.05, 3.63) is 11.6 Å². The van der Waals surface area contributed by atoms with Gasteiger partial charge in [0, 0.05) is 0 Å². The second kappa shape index (κ2) is 11.3. The van der Waals surface area contributed by atoms with Crippen LogP contribution in [0.25, 0.3) is 0 Å². The molecule has 0 aromatic heterocycles. The fraction of sp³-hybridized carbons (Fsp3) is 0.926. The molecule has 0 spiro atoms. The van der Waals surface area contributed by atoms with E-state index in [1.807, 2.05) is 0 Å². The number of hydrogen-bond acceptors (Lipinski definition) is 6. The minimum atomic E-state index is -4.69. The molecular formula is C27H45NaO6S. The van der Waals surface area contributed by atoms with Crippen LogP contribution in [0.3, 0.4) is 0 Å². The second-order valence-corrected chi connectivity index (χ2v) is 13.8. The molecule has 0 aliphatic heterocycles. The Labute approximate surface area is 234 Å². The first-order valence-corrected chi connectivity index (χ1v) is 14.9. The van der Waals surface area contributed by atoms with Crippen LogP contribution in [0.4, 0.5) is 0 Å². The molecule has 196 valence electrons. The monoisotopic (exact) mass is 520 g/mol. The Morgan fingerprint density at radius 2 is 1.80 bits per heavy atom. The summed E-state index contributed by atoms with van der Waals surface area (Å²) in [5, 5.41) is 21.0. The smallest absolute Gasteiger partial charge is 0.726 e. The summed E-state index contributed by atoms with van der Waals surface area (Å²) in [6.07, 6.45) is 10.8. The van der Waals surface area contributed by atoms with Gasteiger partial charge < -0.3 is 14.8 Å². The van der Waals surface area contributed by atoms with E-state index in [1.54, 1.807) is 0 Å². The van der Waals surface area contributed by atoms with Crippen molar-refractivity contribution in [1.82, 2.24) is 0 Å². The van der Waals surface area contributed by atoms with Gasteiger partial charge in [-0.1, -0.05) is 46.6 Å². The Morgan fingerprint density at radius 1 is 1.09 bits per heavy atom. The van der Waals surface area contributed by atoms with Gasteiger partial charge in [0.2, 0.25) is 10.4 Å². The molecule has 4 rings (SSSR count). The third kappa shape index (κ3) is 5.93. The summed E-state index contributed by atoms with van der Waals surface area (Å²) < 4.78 is 38.7. The first-order chi connectivity index (χ1) is 15.9. The molecule has 7 unspecified atom stereocenters. The molecule has 9 atom stereocenters. The summed E-state index contributed by atoms with van der Waals surface area (Å²) in [5.74, 6) is 2.69. The van der Waals surface area contributed by atoms with Gasteiger partial charge in [0.25, 0.3) is 0 Å². The zero-order valence-electron chi connectivity index (χ0n) is 22.4. The summed E-state index contributed by atoms with van der Waals surface area (Å²) in [6.45, 7) is 9.13. The van der Waals surface area contributed by atoms with Crippen LogP contribution in [0.15, 0.2) is 11.6 Å². The van der Waals surface area contributed by atoms with Gasteiger partial charge in [-0.25, -0.2) is 8.42 Å². The molecule has 4 aliphatic rings. The zero-order valence-corrected chi connectivity index (χ0v) is 25.2. The summed E-state index contributed by atoms with van der Waals surface area (Å²) in [7, 11) is -4.69. The second-order valence-electron chi connectivity index (χ2n) is 12.7. The molecule has 0 heterocycles. The van der Waals surface area contributed by atoms with Gasteiger partial charge in [-0.2, -0.15) is 0 Å². The van der Waals surface area contributed by atoms with E-state index in [4.69, 9.17) is 4.18 Å². The van der Waals surface area contributed by atoms with Crippen LogP contribution in [-0.2, 0) is 14.6 Å². The molecule has 0 aromatic carbocycles. The van der Waals surface area contributed by atoms with Crippen LogP contribution in [0.5, 0.6) is 0 Å². The van der Waals surface area contributed by atoms with E-state index in [1.165, 1.54) is 0 Å². The third-order valence-electron chi connectivity index (χ3n) is 10.6. The molecule has 3 fully saturated rings. The first kappa shape index (κ1) is 30.1. The number of aliphatic hydroxyl groups excluding tert-OH is 2. The van der Waals surface area contributed by atoms with E-state index in [0.29, 0.717) is 36.0 Å². The SMILES string of the molecule is CC(C)CCCC(COS(=O)(=O)[O-])C1CCC2C3CC=C4C(O)C(O)CC[C@]4(C)C3CC[C@]12C.[Na+]. The molecule has 3 saturated carbocycles. The van der Waals surface area contributed by atoms with Crippen molar-refractivity contribution >= 4 is 10.4 Å². The van der Waals surface area contributed by atoms with Gasteiger partial charge >= 0.3 is 29.6 Å². The molecule has 0 amide bonds. The Kier molecular flexibility index (Phi) is 9.74. The predicted molar refractivity (Wildman–Crippen MR) is 130 cm³/mol. The fourth-order valence-electron chi connectivity index (χ4n) is 8.89. The third-order valence-corrected chi connectivity index (χ3v) is 11.0. The van der Waals surface area contributed by atoms with Crippen LogP contribution in [-0.4, -0.2) is 42.0 Å². The van der Waals surface area contributed by atoms with Crippen LogP contribution in [0.2, 0.25) is 0 Å². The van der Waals surface area contributed by atoms with Crippen molar-refractivity contribution in [2.75, 3.05) is 6.61 Å². The molecule has 0 bridgehead atoms. The van der Waals surface area contributed by atoms with Gasteiger partial charge in [-0.15, -0.1) is 0 Å². The minimum Gasteiger partial charge on any atom is -0.726 e. The molecule has 2 N–H and O–H groups in total. The maximum atomic E-state index is 11.3. The van der Waals surface area contributed by atoms with Crippen molar-refractivity contribution in [2.45, 2.75) is 104 Å². The van der Waals surface area contributed by atoms with E-state index in [9.17, 15) is 23.2 Å². The number of aliphatic hydroxyl groups is 2. The molecule has 4 aliphatic carbocycles. The molecule has 0 radical (unpaired) electrons. The van der Waals surface area contributed by atoms with E-state index in [2.05, 4.69) is 33.8 Å². The number of allylic oxidation sites excluding steroid dienone is 1. The van der Waals surface area contributed by atoms with Crippen LogP contribution >= 0.6 is 0 Å². The molecular weight excluding hydrogens is 475 g/mol. The molecule has 0 saturated heterocycles. The summed E-state index contributed by atoms with van der Waals surface area (Å²) in [4.78, 5) is 0. The first-order valence-electron chi connectivity index (χ1n) is 13.5. The Morgan fingerprint density at radius 3 is 2.46 bits per heavy atom. The van der Waals surface area contributed by atoms with Crippen molar-refractivity contribution in [1.29, 1.82) is 0 Å². The maximum absolute atomic E-state index is 11.3. The average molecular weight is 521 g/mol. The van der Waals surface area contributed by atoms with E-state index in [-0.39, 0.29) is 52.9 Å². The topological polar surface area (TPSA) is 107 Å². The van der Waals surface area contributed by atoms with E-state index >= 15 is 0 Å². The van der Waals surface area contributed by atoms with Crippen molar-refractivity contribution < 1.29 is 56.9 Å². The Hall–Kier alpha value is 0.530. The van der Waals surface area contributed by atoms with Crippen LogP contribution in [0.1, 0.15) is 91.9 Å². The fourth-order valence-corrected chi connectivity index (χ4v) is 9.23. The van der Waals surface area contributed by atoms with Crippen molar-refractivity contribution in [2.24, 2.45) is 46.3 Å². The normalized spacial score (nSPS) is 41.9. The summed E-state index contributed by atoms with van der Waals surface area (Å²) in [5.41, 5.74) is 1.14. The van der Waals surface area contributed by atoms with Crippen molar-refractivity contribution in [3.63, 3.8) is 0 Å². The standard InChI is InChI=1S/C27H46O6S.Na/c1-17(2)6-5-7-18(16-33-34(30,31)32)20-10-11-21-19-8-9-23-25(29)24(28)13-15-27(23,4)22(19)12-14-26(20,21)3;/h9,17-22,24-25,28-29H,5-8,10-16H2,1-4H3,(H,30,31,32);/q;+1/p-1/t18?,19?,20?,21?,22?,24?,25?,26-,27-;/m1./s1. The van der Waals surface area contributed by atoms with E-state index < -0.39 is 22.6 Å². The van der Waals surface area contributed by atoms with Gasteiger partial charge in [-0.3, -0.25) is 4.18 Å². The van der Waals surface area contributed by atoms with Crippen LogP contribution < -0.4 is 29.6 Å². The molecule has 8 heteroatoms. The molecule has 0 aromatic rings. The molecule has 35 heavy (non-hydrogen) atoms. The summed E-state index contributed by atoms with van der Waals surface area (Å²) >= 11 is 0.